The number of aliphatic hydroxyl groups excluding tert-OH is 1. The maximum absolute atomic E-state index is 12.0. The summed E-state index contributed by atoms with van der Waals surface area (Å²) in [5.41, 5.74) is 0. The highest BCUT2D eigenvalue weighted by Gasteiger charge is 2.29. The molecule has 2 aliphatic rings. The molecule has 16 heavy (non-hydrogen) atoms. The molecule has 2 unspecified atom stereocenters. The number of hydrogen-bond donors (Lipinski definition) is 2. The molecule has 0 saturated heterocycles. The van der Waals surface area contributed by atoms with Crippen molar-refractivity contribution in [1.82, 2.24) is 5.32 Å². The summed E-state index contributed by atoms with van der Waals surface area (Å²) in [7, 11) is 0. The molecular formula is C13H23NO2. The lowest BCUT2D eigenvalue weighted by molar-refractivity contribution is -0.126. The van der Waals surface area contributed by atoms with Crippen molar-refractivity contribution in [2.45, 2.75) is 57.4 Å². The van der Waals surface area contributed by atoms with Gasteiger partial charge in [-0.3, -0.25) is 4.79 Å². The largest absolute Gasteiger partial charge is 0.396 e. The van der Waals surface area contributed by atoms with Crippen LogP contribution in [0.15, 0.2) is 0 Å². The molecule has 3 heteroatoms. The van der Waals surface area contributed by atoms with Gasteiger partial charge in [-0.1, -0.05) is 25.7 Å². The molecule has 2 saturated carbocycles. The summed E-state index contributed by atoms with van der Waals surface area (Å²) in [6, 6.07) is 0.229. The number of rotatable bonds is 3. The first-order chi connectivity index (χ1) is 7.81. The molecule has 0 spiro atoms. The third kappa shape index (κ3) is 2.76. The predicted octanol–water partition coefficient (Wildman–Crippen LogP) is 1.84. The Morgan fingerprint density at radius 3 is 2.38 bits per heavy atom. The summed E-state index contributed by atoms with van der Waals surface area (Å²) < 4.78 is 0. The minimum atomic E-state index is 0.218. The van der Waals surface area contributed by atoms with Crippen LogP contribution in [0.5, 0.6) is 0 Å². The molecule has 2 rings (SSSR count). The van der Waals surface area contributed by atoms with E-state index in [1.807, 2.05) is 0 Å². The smallest absolute Gasteiger partial charge is 0.223 e. The summed E-state index contributed by atoms with van der Waals surface area (Å²) in [6.07, 6.45) is 9.01. The van der Waals surface area contributed by atoms with E-state index in [4.69, 9.17) is 0 Å². The second-order valence-electron chi connectivity index (χ2n) is 5.32. The second-order valence-corrected chi connectivity index (χ2v) is 5.32. The highest BCUT2D eigenvalue weighted by Crippen LogP contribution is 2.27. The summed E-state index contributed by atoms with van der Waals surface area (Å²) in [6.45, 7) is 0.218. The minimum Gasteiger partial charge on any atom is -0.396 e. The number of aliphatic hydroxyl groups is 1. The lowest BCUT2D eigenvalue weighted by Gasteiger charge is -2.31. The highest BCUT2D eigenvalue weighted by molar-refractivity contribution is 5.79. The van der Waals surface area contributed by atoms with Crippen molar-refractivity contribution in [2.75, 3.05) is 6.61 Å². The Labute approximate surface area is 97.6 Å². The van der Waals surface area contributed by atoms with Crippen LogP contribution in [0.3, 0.4) is 0 Å². The number of carbonyl (C=O) groups is 1. The van der Waals surface area contributed by atoms with E-state index in [1.165, 1.54) is 25.7 Å². The zero-order valence-electron chi connectivity index (χ0n) is 9.95. The fraction of sp³-hybridized carbons (Fsp3) is 0.923. The van der Waals surface area contributed by atoms with Crippen LogP contribution in [-0.4, -0.2) is 23.7 Å². The van der Waals surface area contributed by atoms with Crippen molar-refractivity contribution >= 4 is 5.91 Å². The Balaban J connectivity index is 1.84. The fourth-order valence-electron chi connectivity index (χ4n) is 3.10. The maximum atomic E-state index is 12.0. The van der Waals surface area contributed by atoms with Crippen LogP contribution in [0, 0.1) is 11.8 Å². The van der Waals surface area contributed by atoms with Gasteiger partial charge in [-0.2, -0.15) is 0 Å². The third-order valence-corrected chi connectivity index (χ3v) is 4.20. The van der Waals surface area contributed by atoms with E-state index < -0.39 is 0 Å². The van der Waals surface area contributed by atoms with Crippen LogP contribution in [0.25, 0.3) is 0 Å². The summed E-state index contributed by atoms with van der Waals surface area (Å²) in [4.78, 5) is 12.0. The lowest BCUT2D eigenvalue weighted by Crippen LogP contribution is -2.45. The second kappa shape index (κ2) is 5.67. The minimum absolute atomic E-state index is 0.218. The van der Waals surface area contributed by atoms with E-state index in [-0.39, 0.29) is 24.5 Å². The molecule has 0 radical (unpaired) electrons. The molecule has 2 atom stereocenters. The average Bonchev–Trinajstić information content (AvgIpc) is 2.83. The van der Waals surface area contributed by atoms with Crippen molar-refractivity contribution in [3.63, 3.8) is 0 Å². The Hall–Kier alpha value is -0.570. The van der Waals surface area contributed by atoms with Crippen molar-refractivity contribution in [3.05, 3.63) is 0 Å². The first-order valence-electron chi connectivity index (χ1n) is 6.72. The van der Waals surface area contributed by atoms with E-state index in [9.17, 15) is 9.90 Å². The van der Waals surface area contributed by atoms with Crippen molar-refractivity contribution in [2.24, 2.45) is 11.8 Å². The van der Waals surface area contributed by atoms with Crippen molar-refractivity contribution in [3.8, 4) is 0 Å². The van der Waals surface area contributed by atoms with E-state index in [0.717, 1.165) is 25.7 Å². The monoisotopic (exact) mass is 225 g/mol. The van der Waals surface area contributed by atoms with Crippen molar-refractivity contribution < 1.29 is 9.90 Å². The van der Waals surface area contributed by atoms with E-state index in [1.54, 1.807) is 0 Å². The Kier molecular flexibility index (Phi) is 4.22. The van der Waals surface area contributed by atoms with Gasteiger partial charge >= 0.3 is 0 Å². The van der Waals surface area contributed by atoms with Gasteiger partial charge in [0.05, 0.1) is 0 Å². The Morgan fingerprint density at radius 2 is 1.69 bits per heavy atom. The van der Waals surface area contributed by atoms with Crippen LogP contribution in [0.4, 0.5) is 0 Å². The van der Waals surface area contributed by atoms with Crippen LogP contribution >= 0.6 is 0 Å². The van der Waals surface area contributed by atoms with Gasteiger partial charge in [-0.15, -0.1) is 0 Å². The molecular weight excluding hydrogens is 202 g/mol. The molecule has 0 aliphatic heterocycles. The summed E-state index contributed by atoms with van der Waals surface area (Å²) in [5.74, 6) is 0.781. The molecule has 2 aliphatic carbocycles. The molecule has 0 aromatic rings. The molecule has 2 fully saturated rings. The average molecular weight is 225 g/mol. The summed E-state index contributed by atoms with van der Waals surface area (Å²) in [5, 5.41) is 12.5. The quantitative estimate of drug-likeness (QED) is 0.770. The fourth-order valence-corrected chi connectivity index (χ4v) is 3.10. The topological polar surface area (TPSA) is 49.3 Å². The van der Waals surface area contributed by atoms with Gasteiger partial charge in [0.25, 0.3) is 0 Å². The zero-order chi connectivity index (χ0) is 11.4. The molecule has 0 aromatic heterocycles. The van der Waals surface area contributed by atoms with E-state index in [0.29, 0.717) is 5.92 Å². The van der Waals surface area contributed by atoms with Crippen LogP contribution in [0.1, 0.15) is 51.4 Å². The molecule has 2 N–H and O–H groups in total. The standard InChI is InChI=1S/C13H23NO2/c15-9-11-7-3-4-8-12(11)14-13(16)10-5-1-2-6-10/h10-12,15H,1-9H2,(H,14,16). The molecule has 0 aromatic carbocycles. The van der Waals surface area contributed by atoms with Gasteiger partial charge in [0.15, 0.2) is 0 Å². The van der Waals surface area contributed by atoms with Gasteiger partial charge in [-0.25, -0.2) is 0 Å². The molecule has 0 heterocycles. The Bertz CT molecular complexity index is 236. The van der Waals surface area contributed by atoms with Crippen LogP contribution in [-0.2, 0) is 4.79 Å². The van der Waals surface area contributed by atoms with Gasteiger partial charge in [-0.05, 0) is 25.7 Å². The third-order valence-electron chi connectivity index (χ3n) is 4.20. The maximum Gasteiger partial charge on any atom is 0.223 e. The predicted molar refractivity (Wildman–Crippen MR) is 62.9 cm³/mol. The van der Waals surface area contributed by atoms with Crippen molar-refractivity contribution in [1.29, 1.82) is 0 Å². The van der Waals surface area contributed by atoms with E-state index >= 15 is 0 Å². The number of carbonyl (C=O) groups excluding carboxylic acids is 1. The molecule has 3 nitrogen and oxygen atoms in total. The zero-order valence-corrected chi connectivity index (χ0v) is 9.95. The number of amides is 1. The Morgan fingerprint density at radius 1 is 1.06 bits per heavy atom. The highest BCUT2D eigenvalue weighted by atomic mass is 16.3. The van der Waals surface area contributed by atoms with Gasteiger partial charge < -0.3 is 10.4 Å². The molecule has 0 bridgehead atoms. The van der Waals surface area contributed by atoms with E-state index in [2.05, 4.69) is 5.32 Å². The normalized spacial score (nSPS) is 31.6. The first kappa shape index (κ1) is 11.9. The SMILES string of the molecule is O=C(NC1CCCCC1CO)C1CCCC1. The number of nitrogens with one attached hydrogen (secondary N) is 1. The van der Waals surface area contributed by atoms with Gasteiger partial charge in [0.1, 0.15) is 0 Å². The lowest BCUT2D eigenvalue weighted by atomic mass is 9.84. The molecule has 1 amide bonds. The summed E-state index contributed by atoms with van der Waals surface area (Å²) >= 11 is 0. The molecule has 92 valence electrons. The van der Waals surface area contributed by atoms with Gasteiger partial charge in [0, 0.05) is 24.5 Å². The van der Waals surface area contributed by atoms with Crippen LogP contribution < -0.4 is 5.32 Å². The first-order valence-corrected chi connectivity index (χ1v) is 6.72. The van der Waals surface area contributed by atoms with Crippen LogP contribution in [0.2, 0.25) is 0 Å². The number of hydrogen-bond acceptors (Lipinski definition) is 2. The van der Waals surface area contributed by atoms with Gasteiger partial charge in [0.2, 0.25) is 5.91 Å².